The van der Waals surface area contributed by atoms with Gasteiger partial charge in [-0.05, 0) is 31.2 Å². The number of hydrogen-bond acceptors (Lipinski definition) is 7. The number of nitrogens with one attached hydrogen (secondary N) is 2. The van der Waals surface area contributed by atoms with Crippen LogP contribution in [0.15, 0.2) is 46.8 Å². The molecule has 0 bridgehead atoms. The SMILES string of the molecule is COc1ccccc1[C@H](C)NS(=O)(=O)c1nnc(NC(=O)c2ccc(Cl)cc2Cl)s1. The minimum Gasteiger partial charge on any atom is -0.496 e. The monoisotopic (exact) mass is 486 g/mol. The van der Waals surface area contributed by atoms with Crippen molar-refractivity contribution < 1.29 is 17.9 Å². The highest BCUT2D eigenvalue weighted by molar-refractivity contribution is 7.91. The number of para-hydroxylation sites is 1. The quantitative estimate of drug-likeness (QED) is 0.485. The Morgan fingerprint density at radius 2 is 1.90 bits per heavy atom. The van der Waals surface area contributed by atoms with E-state index in [1.165, 1.54) is 25.3 Å². The molecule has 12 heteroatoms. The van der Waals surface area contributed by atoms with Crippen LogP contribution in [0.2, 0.25) is 10.0 Å². The zero-order valence-electron chi connectivity index (χ0n) is 15.7. The van der Waals surface area contributed by atoms with Crippen LogP contribution in [0.25, 0.3) is 0 Å². The van der Waals surface area contributed by atoms with Crippen LogP contribution in [-0.2, 0) is 10.0 Å². The van der Waals surface area contributed by atoms with Crippen LogP contribution < -0.4 is 14.8 Å². The van der Waals surface area contributed by atoms with Crippen LogP contribution in [0.1, 0.15) is 28.9 Å². The van der Waals surface area contributed by atoms with E-state index in [4.69, 9.17) is 27.9 Å². The van der Waals surface area contributed by atoms with Gasteiger partial charge >= 0.3 is 0 Å². The highest BCUT2D eigenvalue weighted by Gasteiger charge is 2.25. The van der Waals surface area contributed by atoms with Crippen molar-refractivity contribution in [1.82, 2.24) is 14.9 Å². The molecule has 0 aliphatic rings. The van der Waals surface area contributed by atoms with Gasteiger partial charge in [-0.15, -0.1) is 10.2 Å². The van der Waals surface area contributed by atoms with Crippen molar-refractivity contribution in [3.63, 3.8) is 0 Å². The van der Waals surface area contributed by atoms with Gasteiger partial charge in [0.05, 0.1) is 17.7 Å². The molecule has 1 atom stereocenters. The van der Waals surface area contributed by atoms with E-state index in [1.807, 2.05) is 0 Å². The number of halogens is 2. The Kier molecular flexibility index (Phi) is 6.94. The minimum atomic E-state index is -3.98. The summed E-state index contributed by atoms with van der Waals surface area (Å²) in [5.41, 5.74) is 0.836. The summed E-state index contributed by atoms with van der Waals surface area (Å²) in [6, 6.07) is 10.9. The molecule has 0 unspecified atom stereocenters. The molecule has 30 heavy (non-hydrogen) atoms. The fraction of sp³-hybridized carbons (Fsp3) is 0.167. The van der Waals surface area contributed by atoms with Gasteiger partial charge in [0.2, 0.25) is 9.47 Å². The van der Waals surface area contributed by atoms with Crippen molar-refractivity contribution >= 4 is 55.6 Å². The summed E-state index contributed by atoms with van der Waals surface area (Å²) in [5, 5.41) is 10.4. The molecule has 0 fully saturated rings. The van der Waals surface area contributed by atoms with Gasteiger partial charge in [-0.1, -0.05) is 52.7 Å². The predicted octanol–water partition coefficient (Wildman–Crippen LogP) is 4.15. The lowest BCUT2D eigenvalue weighted by Gasteiger charge is -2.16. The second-order valence-electron chi connectivity index (χ2n) is 6.04. The number of sulfonamides is 1. The highest BCUT2D eigenvalue weighted by Crippen LogP contribution is 2.28. The van der Waals surface area contributed by atoms with E-state index in [-0.39, 0.29) is 20.1 Å². The van der Waals surface area contributed by atoms with Gasteiger partial charge in [0.1, 0.15) is 5.75 Å². The summed E-state index contributed by atoms with van der Waals surface area (Å²) < 4.78 is 32.9. The van der Waals surface area contributed by atoms with E-state index in [9.17, 15) is 13.2 Å². The molecule has 0 aliphatic heterocycles. The lowest BCUT2D eigenvalue weighted by Crippen LogP contribution is -2.27. The van der Waals surface area contributed by atoms with Gasteiger partial charge in [-0.2, -0.15) is 0 Å². The number of benzene rings is 2. The molecule has 0 spiro atoms. The topological polar surface area (TPSA) is 110 Å². The van der Waals surface area contributed by atoms with Crippen molar-refractivity contribution in [2.24, 2.45) is 0 Å². The predicted molar refractivity (Wildman–Crippen MR) is 116 cm³/mol. The third kappa shape index (κ3) is 5.08. The summed E-state index contributed by atoms with van der Waals surface area (Å²) in [7, 11) is -2.47. The number of nitrogens with zero attached hydrogens (tertiary/aromatic N) is 2. The standard InChI is InChI=1S/C18H16Cl2N4O4S2/c1-10(12-5-3-4-6-15(12)28-2)24-30(26,27)18-23-22-17(29-18)21-16(25)13-8-7-11(19)9-14(13)20/h3-10,24H,1-2H3,(H,21,22,25)/t10-/m0/s1. The molecule has 0 aliphatic carbocycles. The Morgan fingerprint density at radius 1 is 1.17 bits per heavy atom. The lowest BCUT2D eigenvalue weighted by atomic mass is 10.1. The number of carbonyl (C=O) groups is 1. The van der Waals surface area contributed by atoms with Crippen LogP contribution >= 0.6 is 34.5 Å². The first kappa shape index (κ1) is 22.4. The molecule has 1 aromatic heterocycles. The maximum absolute atomic E-state index is 12.7. The van der Waals surface area contributed by atoms with E-state index < -0.39 is 22.0 Å². The van der Waals surface area contributed by atoms with Crippen molar-refractivity contribution in [2.45, 2.75) is 17.3 Å². The Balaban J connectivity index is 1.75. The molecule has 1 heterocycles. The van der Waals surface area contributed by atoms with Crippen LogP contribution in [-0.4, -0.2) is 31.6 Å². The average molecular weight is 487 g/mol. The third-order valence-electron chi connectivity index (χ3n) is 3.97. The Hall–Kier alpha value is -2.24. The molecule has 3 rings (SSSR count). The van der Waals surface area contributed by atoms with E-state index in [1.54, 1.807) is 31.2 Å². The Morgan fingerprint density at radius 3 is 2.60 bits per heavy atom. The maximum Gasteiger partial charge on any atom is 0.270 e. The van der Waals surface area contributed by atoms with Crippen LogP contribution in [0.5, 0.6) is 5.75 Å². The van der Waals surface area contributed by atoms with Gasteiger partial charge < -0.3 is 4.74 Å². The van der Waals surface area contributed by atoms with Crippen LogP contribution in [0.4, 0.5) is 5.13 Å². The van der Waals surface area contributed by atoms with Crippen molar-refractivity contribution in [2.75, 3.05) is 12.4 Å². The van der Waals surface area contributed by atoms with Crippen molar-refractivity contribution in [1.29, 1.82) is 0 Å². The molecule has 8 nitrogen and oxygen atoms in total. The lowest BCUT2D eigenvalue weighted by molar-refractivity contribution is 0.102. The largest absolute Gasteiger partial charge is 0.496 e. The first-order valence-electron chi connectivity index (χ1n) is 8.46. The Labute approximate surface area is 187 Å². The fourth-order valence-electron chi connectivity index (χ4n) is 2.58. The Bertz CT molecular complexity index is 1180. The number of carbonyl (C=O) groups excluding carboxylic acids is 1. The van der Waals surface area contributed by atoms with Gasteiger partial charge in [0, 0.05) is 16.6 Å². The molecule has 1 amide bonds. The van der Waals surface area contributed by atoms with Crippen molar-refractivity contribution in [3.8, 4) is 5.75 Å². The number of rotatable bonds is 7. The first-order valence-corrected chi connectivity index (χ1v) is 11.5. The molecule has 3 aromatic rings. The van der Waals surface area contributed by atoms with E-state index in [0.29, 0.717) is 27.7 Å². The number of anilines is 1. The van der Waals surface area contributed by atoms with Gasteiger partial charge in [-0.25, -0.2) is 13.1 Å². The molecule has 0 saturated heterocycles. The van der Waals surface area contributed by atoms with Crippen molar-refractivity contribution in [3.05, 3.63) is 63.6 Å². The smallest absolute Gasteiger partial charge is 0.270 e. The van der Waals surface area contributed by atoms with Gasteiger partial charge in [0.25, 0.3) is 15.9 Å². The van der Waals surface area contributed by atoms with E-state index in [2.05, 4.69) is 20.2 Å². The van der Waals surface area contributed by atoms with Crippen LogP contribution in [0.3, 0.4) is 0 Å². The molecule has 2 aromatic carbocycles. The zero-order chi connectivity index (χ0) is 21.9. The van der Waals surface area contributed by atoms with Crippen LogP contribution in [0, 0.1) is 0 Å². The average Bonchev–Trinajstić information content (AvgIpc) is 3.17. The number of hydrogen-bond donors (Lipinski definition) is 2. The second kappa shape index (κ2) is 9.27. The number of amides is 1. The maximum atomic E-state index is 12.7. The highest BCUT2D eigenvalue weighted by atomic mass is 35.5. The van der Waals surface area contributed by atoms with E-state index in [0.717, 1.165) is 0 Å². The molecular weight excluding hydrogens is 471 g/mol. The minimum absolute atomic E-state index is 0.0105. The molecular formula is C18H16Cl2N4O4S2. The molecule has 2 N–H and O–H groups in total. The zero-order valence-corrected chi connectivity index (χ0v) is 18.9. The summed E-state index contributed by atoms with van der Waals surface area (Å²) in [6.07, 6.45) is 0. The molecule has 0 radical (unpaired) electrons. The summed E-state index contributed by atoms with van der Waals surface area (Å²) in [5.74, 6) is -0.00938. The summed E-state index contributed by atoms with van der Waals surface area (Å²) in [6.45, 7) is 1.68. The number of aromatic nitrogens is 2. The fourth-order valence-corrected chi connectivity index (χ4v) is 5.21. The number of ether oxygens (including phenoxy) is 1. The summed E-state index contributed by atoms with van der Waals surface area (Å²) >= 11 is 12.6. The molecule has 0 saturated carbocycles. The first-order chi connectivity index (χ1) is 14.2. The van der Waals surface area contributed by atoms with Gasteiger partial charge in [-0.3, -0.25) is 10.1 Å². The molecule has 158 valence electrons. The normalized spacial score (nSPS) is 12.4. The number of methoxy groups -OCH3 is 1. The second-order valence-corrected chi connectivity index (χ2v) is 9.75. The van der Waals surface area contributed by atoms with Gasteiger partial charge in [0.15, 0.2) is 0 Å². The third-order valence-corrected chi connectivity index (χ3v) is 7.26. The summed E-state index contributed by atoms with van der Waals surface area (Å²) in [4.78, 5) is 12.4. The van der Waals surface area contributed by atoms with E-state index >= 15 is 0 Å².